The van der Waals surface area contributed by atoms with Gasteiger partial charge in [0.05, 0.1) is 5.25 Å². The minimum Gasteiger partial charge on any atom is -0.482 e. The summed E-state index contributed by atoms with van der Waals surface area (Å²) >= 11 is 3.99. The van der Waals surface area contributed by atoms with Gasteiger partial charge >= 0.3 is 11.9 Å². The third-order valence-electron chi connectivity index (χ3n) is 3.01. The van der Waals surface area contributed by atoms with Crippen molar-refractivity contribution in [3.63, 3.8) is 0 Å². The smallest absolute Gasteiger partial charge is 0.341 e. The van der Waals surface area contributed by atoms with Crippen LogP contribution in [-0.4, -0.2) is 34.0 Å². The molecule has 5 nitrogen and oxygen atoms in total. The van der Waals surface area contributed by atoms with Crippen LogP contribution in [-0.2, 0) is 16.0 Å². The van der Waals surface area contributed by atoms with Crippen molar-refractivity contribution >= 4 is 24.6 Å². The van der Waals surface area contributed by atoms with Gasteiger partial charge in [0.15, 0.2) is 6.61 Å². The molecule has 1 aromatic rings. The SMILES string of the molecule is O=C(O)COc1ccc(CCCCCC(S)C(=O)O)cc1. The summed E-state index contributed by atoms with van der Waals surface area (Å²) in [6.45, 7) is -0.339. The first-order chi connectivity index (χ1) is 9.99. The number of hydrogen-bond acceptors (Lipinski definition) is 4. The number of benzene rings is 1. The van der Waals surface area contributed by atoms with E-state index in [2.05, 4.69) is 12.6 Å². The Hall–Kier alpha value is -1.69. The van der Waals surface area contributed by atoms with Gasteiger partial charge in [-0.2, -0.15) is 12.6 Å². The number of aryl methyl sites for hydroxylation is 1. The molecule has 1 rings (SSSR count). The van der Waals surface area contributed by atoms with Crippen molar-refractivity contribution in [2.24, 2.45) is 0 Å². The molecule has 1 aromatic carbocycles. The quantitative estimate of drug-likeness (QED) is 0.457. The molecule has 2 N–H and O–H groups in total. The van der Waals surface area contributed by atoms with Gasteiger partial charge in [-0.3, -0.25) is 4.79 Å². The van der Waals surface area contributed by atoms with E-state index < -0.39 is 17.2 Å². The van der Waals surface area contributed by atoms with Crippen molar-refractivity contribution in [1.29, 1.82) is 0 Å². The number of unbranched alkanes of at least 4 members (excludes halogenated alkanes) is 2. The highest BCUT2D eigenvalue weighted by molar-refractivity contribution is 7.81. The van der Waals surface area contributed by atoms with E-state index in [0.29, 0.717) is 12.2 Å². The molecule has 0 aliphatic rings. The summed E-state index contributed by atoms with van der Waals surface area (Å²) in [7, 11) is 0. The zero-order valence-corrected chi connectivity index (χ0v) is 12.6. The Bertz CT molecular complexity index is 458. The molecular weight excluding hydrogens is 292 g/mol. The Morgan fingerprint density at radius 3 is 2.33 bits per heavy atom. The molecule has 0 aliphatic heterocycles. The second-order valence-corrected chi connectivity index (χ2v) is 5.40. The molecule has 1 atom stereocenters. The van der Waals surface area contributed by atoms with Gasteiger partial charge < -0.3 is 14.9 Å². The maximum absolute atomic E-state index is 10.6. The largest absolute Gasteiger partial charge is 0.482 e. The van der Waals surface area contributed by atoms with E-state index in [9.17, 15) is 9.59 Å². The Morgan fingerprint density at radius 2 is 1.76 bits per heavy atom. The Kier molecular flexibility index (Phi) is 7.68. The van der Waals surface area contributed by atoms with Crippen LogP contribution in [0.5, 0.6) is 5.75 Å². The summed E-state index contributed by atoms with van der Waals surface area (Å²) in [4.78, 5) is 21.0. The zero-order chi connectivity index (χ0) is 15.7. The standard InChI is InChI=1S/C15H20O5S/c16-14(17)10-20-12-8-6-11(7-9-12)4-2-1-3-5-13(21)15(18)19/h6-9,13,21H,1-5,10H2,(H,16,17)(H,18,19). The molecule has 0 saturated heterocycles. The third kappa shape index (κ3) is 7.60. The van der Waals surface area contributed by atoms with Gasteiger partial charge in [-0.25, -0.2) is 4.79 Å². The summed E-state index contributed by atoms with van der Waals surface area (Å²) in [5.41, 5.74) is 1.15. The second-order valence-electron chi connectivity index (χ2n) is 4.78. The lowest BCUT2D eigenvalue weighted by molar-refractivity contribution is -0.139. The van der Waals surface area contributed by atoms with Crippen LogP contribution < -0.4 is 4.74 Å². The zero-order valence-electron chi connectivity index (χ0n) is 11.7. The Balaban J connectivity index is 2.21. The van der Waals surface area contributed by atoms with Gasteiger partial charge in [0.2, 0.25) is 0 Å². The number of hydrogen-bond donors (Lipinski definition) is 3. The van der Waals surface area contributed by atoms with Crippen LogP contribution in [0.15, 0.2) is 24.3 Å². The van der Waals surface area contributed by atoms with Gasteiger partial charge in [-0.05, 0) is 37.0 Å². The number of thiol groups is 1. The molecule has 0 heterocycles. The van der Waals surface area contributed by atoms with Gasteiger partial charge in [-0.15, -0.1) is 0 Å². The molecule has 6 heteroatoms. The molecule has 0 radical (unpaired) electrons. The predicted molar refractivity (Wildman–Crippen MR) is 82.2 cm³/mol. The summed E-state index contributed by atoms with van der Waals surface area (Å²) < 4.78 is 5.05. The van der Waals surface area contributed by atoms with Crippen molar-refractivity contribution in [2.45, 2.75) is 37.4 Å². The van der Waals surface area contributed by atoms with Gasteiger partial charge in [-0.1, -0.05) is 25.0 Å². The van der Waals surface area contributed by atoms with Gasteiger partial charge in [0.25, 0.3) is 0 Å². The number of rotatable bonds is 10. The van der Waals surface area contributed by atoms with Crippen LogP contribution in [0.4, 0.5) is 0 Å². The fourth-order valence-corrected chi connectivity index (χ4v) is 2.05. The van der Waals surface area contributed by atoms with E-state index in [1.807, 2.05) is 12.1 Å². The van der Waals surface area contributed by atoms with Gasteiger partial charge in [0, 0.05) is 0 Å². The van der Waals surface area contributed by atoms with Crippen molar-refractivity contribution in [3.05, 3.63) is 29.8 Å². The van der Waals surface area contributed by atoms with E-state index >= 15 is 0 Å². The van der Waals surface area contributed by atoms with E-state index in [1.165, 1.54) is 0 Å². The number of carbonyl (C=O) groups is 2. The molecule has 0 aromatic heterocycles. The fraction of sp³-hybridized carbons (Fsp3) is 0.467. The first-order valence-electron chi connectivity index (χ1n) is 6.83. The van der Waals surface area contributed by atoms with Crippen LogP contribution in [0.25, 0.3) is 0 Å². The first kappa shape index (κ1) is 17.4. The van der Waals surface area contributed by atoms with Crippen LogP contribution in [0.2, 0.25) is 0 Å². The van der Waals surface area contributed by atoms with E-state index in [1.54, 1.807) is 12.1 Å². The maximum atomic E-state index is 10.6. The average molecular weight is 312 g/mol. The van der Waals surface area contributed by atoms with Gasteiger partial charge in [0.1, 0.15) is 5.75 Å². The lowest BCUT2D eigenvalue weighted by Gasteiger charge is -2.06. The van der Waals surface area contributed by atoms with Crippen molar-refractivity contribution in [3.8, 4) is 5.75 Å². The summed E-state index contributed by atoms with van der Waals surface area (Å²) in [5, 5.41) is 16.6. The molecule has 1 unspecified atom stereocenters. The third-order valence-corrected chi connectivity index (χ3v) is 3.49. The second kappa shape index (κ2) is 9.28. The molecule has 116 valence electrons. The molecule has 0 bridgehead atoms. The topological polar surface area (TPSA) is 83.8 Å². The van der Waals surface area contributed by atoms with E-state index in [4.69, 9.17) is 14.9 Å². The predicted octanol–water partition coefficient (Wildman–Crippen LogP) is 2.64. The van der Waals surface area contributed by atoms with Crippen molar-refractivity contribution < 1.29 is 24.5 Å². The van der Waals surface area contributed by atoms with Crippen LogP contribution in [0, 0.1) is 0 Å². The van der Waals surface area contributed by atoms with E-state index in [-0.39, 0.29) is 6.61 Å². The normalized spacial score (nSPS) is 11.9. The average Bonchev–Trinajstić information content (AvgIpc) is 2.45. The highest BCUT2D eigenvalue weighted by Gasteiger charge is 2.10. The molecule has 0 spiro atoms. The molecule has 0 aliphatic carbocycles. The Morgan fingerprint density at radius 1 is 1.10 bits per heavy atom. The lowest BCUT2D eigenvalue weighted by atomic mass is 10.1. The maximum Gasteiger partial charge on any atom is 0.341 e. The van der Waals surface area contributed by atoms with Crippen LogP contribution in [0.3, 0.4) is 0 Å². The monoisotopic (exact) mass is 312 g/mol. The molecular formula is C15H20O5S. The highest BCUT2D eigenvalue weighted by Crippen LogP contribution is 2.15. The number of carboxylic acids is 2. The summed E-state index contributed by atoms with van der Waals surface area (Å²) in [5.74, 6) is -1.32. The molecule has 0 fully saturated rings. The summed E-state index contributed by atoms with van der Waals surface area (Å²) in [6.07, 6.45) is 4.28. The minimum absolute atomic E-state index is 0.339. The molecule has 0 saturated carbocycles. The van der Waals surface area contributed by atoms with Crippen LogP contribution in [0.1, 0.15) is 31.2 Å². The number of aliphatic carboxylic acids is 2. The van der Waals surface area contributed by atoms with Crippen LogP contribution >= 0.6 is 12.6 Å². The number of ether oxygens (including phenoxy) is 1. The van der Waals surface area contributed by atoms with Crippen molar-refractivity contribution in [2.75, 3.05) is 6.61 Å². The number of carboxylic acid groups (broad SMARTS) is 2. The lowest BCUT2D eigenvalue weighted by Crippen LogP contribution is -2.12. The minimum atomic E-state index is -0.997. The first-order valence-corrected chi connectivity index (χ1v) is 7.35. The summed E-state index contributed by atoms with van der Waals surface area (Å²) in [6, 6.07) is 7.34. The molecule has 21 heavy (non-hydrogen) atoms. The van der Waals surface area contributed by atoms with Crippen molar-refractivity contribution in [1.82, 2.24) is 0 Å². The highest BCUT2D eigenvalue weighted by atomic mass is 32.1. The Labute approximate surface area is 129 Å². The van der Waals surface area contributed by atoms with E-state index in [0.717, 1.165) is 31.2 Å². The molecule has 0 amide bonds. The fourth-order valence-electron chi connectivity index (χ4n) is 1.86.